The Hall–Kier alpha value is -0.520. The van der Waals surface area contributed by atoms with E-state index < -0.39 is 0 Å². The Kier molecular flexibility index (Phi) is 1.16. The summed E-state index contributed by atoms with van der Waals surface area (Å²) in [4.78, 5) is 0. The molecule has 3 fully saturated rings. The Morgan fingerprint density at radius 3 is 2.40 bits per heavy atom. The number of hydrogen-bond donors (Lipinski definition) is 0. The van der Waals surface area contributed by atoms with Crippen molar-refractivity contribution < 1.29 is 0 Å². The molecular formula is C15H18. The molecule has 0 heteroatoms. The van der Waals surface area contributed by atoms with Crippen molar-refractivity contribution in [3.8, 4) is 0 Å². The van der Waals surface area contributed by atoms with Gasteiger partial charge in [0.25, 0.3) is 0 Å². The van der Waals surface area contributed by atoms with Crippen molar-refractivity contribution in [2.75, 3.05) is 0 Å². The summed E-state index contributed by atoms with van der Waals surface area (Å²) in [5.41, 5.74) is 0. The van der Waals surface area contributed by atoms with E-state index in [0.717, 1.165) is 47.3 Å². The lowest BCUT2D eigenvalue weighted by Crippen LogP contribution is -2.34. The summed E-state index contributed by atoms with van der Waals surface area (Å²) in [7, 11) is 0. The minimum Gasteiger partial charge on any atom is -0.0879 e. The Morgan fingerprint density at radius 2 is 1.53 bits per heavy atom. The van der Waals surface area contributed by atoms with Crippen LogP contribution in [0.3, 0.4) is 0 Å². The highest BCUT2D eigenvalue weighted by atomic mass is 14.7. The zero-order valence-electron chi connectivity index (χ0n) is 9.05. The van der Waals surface area contributed by atoms with Crippen LogP contribution >= 0.6 is 0 Å². The summed E-state index contributed by atoms with van der Waals surface area (Å²) in [6.07, 6.45) is 14.7. The van der Waals surface area contributed by atoms with E-state index in [1.807, 2.05) is 0 Å². The summed E-state index contributed by atoms with van der Waals surface area (Å²) in [5.74, 6) is 8.48. The van der Waals surface area contributed by atoms with E-state index in [9.17, 15) is 0 Å². The van der Waals surface area contributed by atoms with Crippen LogP contribution < -0.4 is 0 Å². The third-order valence-electron chi connectivity index (χ3n) is 6.42. The van der Waals surface area contributed by atoms with Crippen molar-refractivity contribution in [3.05, 3.63) is 24.3 Å². The van der Waals surface area contributed by atoms with Gasteiger partial charge in [-0.25, -0.2) is 0 Å². The summed E-state index contributed by atoms with van der Waals surface area (Å²) in [5, 5.41) is 0. The topological polar surface area (TPSA) is 0 Å². The molecule has 15 heavy (non-hydrogen) atoms. The van der Waals surface area contributed by atoms with Gasteiger partial charge in [0.1, 0.15) is 0 Å². The van der Waals surface area contributed by atoms with Gasteiger partial charge in [-0.1, -0.05) is 24.3 Å². The summed E-state index contributed by atoms with van der Waals surface area (Å²) in [6, 6.07) is 0. The molecule has 0 amide bonds. The van der Waals surface area contributed by atoms with Crippen molar-refractivity contribution in [3.63, 3.8) is 0 Å². The monoisotopic (exact) mass is 198 g/mol. The molecule has 8 atom stereocenters. The second kappa shape index (κ2) is 2.26. The first-order valence-corrected chi connectivity index (χ1v) is 6.78. The van der Waals surface area contributed by atoms with E-state index >= 15 is 0 Å². The second-order valence-corrected chi connectivity index (χ2v) is 6.57. The van der Waals surface area contributed by atoms with Crippen molar-refractivity contribution >= 4 is 0 Å². The first kappa shape index (κ1) is 7.70. The lowest BCUT2D eigenvalue weighted by atomic mass is 9.66. The van der Waals surface area contributed by atoms with Crippen LogP contribution in [0.5, 0.6) is 0 Å². The predicted molar refractivity (Wildman–Crippen MR) is 60.1 cm³/mol. The zero-order valence-corrected chi connectivity index (χ0v) is 9.05. The molecule has 78 valence electrons. The van der Waals surface area contributed by atoms with Crippen LogP contribution in [0.15, 0.2) is 24.3 Å². The molecule has 0 aromatic carbocycles. The fraction of sp³-hybridized carbons (Fsp3) is 0.733. The molecule has 0 aromatic heterocycles. The van der Waals surface area contributed by atoms with Crippen molar-refractivity contribution in [2.45, 2.75) is 19.3 Å². The Labute approximate surface area is 91.4 Å². The van der Waals surface area contributed by atoms with Crippen LogP contribution in [-0.4, -0.2) is 0 Å². The number of rotatable bonds is 0. The fourth-order valence-electron chi connectivity index (χ4n) is 6.22. The molecule has 0 spiro atoms. The maximum atomic E-state index is 2.57. The van der Waals surface area contributed by atoms with E-state index in [1.54, 1.807) is 6.42 Å². The smallest absolute Gasteiger partial charge is 0.0168 e. The lowest BCUT2D eigenvalue weighted by molar-refractivity contribution is 0.121. The van der Waals surface area contributed by atoms with Crippen molar-refractivity contribution in [1.82, 2.24) is 0 Å². The fourth-order valence-corrected chi connectivity index (χ4v) is 6.22. The van der Waals surface area contributed by atoms with E-state index in [4.69, 9.17) is 0 Å². The molecule has 0 aromatic rings. The zero-order chi connectivity index (χ0) is 9.57. The third kappa shape index (κ3) is 0.697. The van der Waals surface area contributed by atoms with Gasteiger partial charge in [0, 0.05) is 0 Å². The molecule has 5 aliphatic carbocycles. The molecule has 0 unspecified atom stereocenters. The van der Waals surface area contributed by atoms with Crippen LogP contribution in [0.25, 0.3) is 0 Å². The number of fused-ring (bicyclic) bond motifs is 12. The summed E-state index contributed by atoms with van der Waals surface area (Å²) < 4.78 is 0. The normalized spacial score (nSPS) is 66.7. The maximum Gasteiger partial charge on any atom is -0.0168 e. The molecule has 3 saturated carbocycles. The van der Waals surface area contributed by atoms with Gasteiger partial charge >= 0.3 is 0 Å². The van der Waals surface area contributed by atoms with Crippen LogP contribution in [0, 0.1) is 47.3 Å². The third-order valence-corrected chi connectivity index (χ3v) is 6.42. The standard InChI is InChI=1S/C15H18/c1-2-10-11(3-1)13-7-12(10)14-8-4-5-9(6-8)15(13)14/h1-2,4-5,8-15H,3,6-7H2/t8-,9+,10-,11+,12-,13+,14+,15-/m0/s1. The average Bonchev–Trinajstić information content (AvgIpc) is 3.03. The van der Waals surface area contributed by atoms with E-state index in [2.05, 4.69) is 24.3 Å². The highest BCUT2D eigenvalue weighted by Crippen LogP contribution is 2.70. The van der Waals surface area contributed by atoms with Crippen LogP contribution in [-0.2, 0) is 0 Å². The van der Waals surface area contributed by atoms with Gasteiger partial charge in [-0.15, -0.1) is 0 Å². The minimum absolute atomic E-state index is 0.991. The molecule has 0 N–H and O–H groups in total. The lowest BCUT2D eigenvalue weighted by Gasteiger charge is -2.38. The van der Waals surface area contributed by atoms with Crippen molar-refractivity contribution in [2.24, 2.45) is 47.3 Å². The molecule has 5 aliphatic rings. The summed E-state index contributed by atoms with van der Waals surface area (Å²) in [6.45, 7) is 0. The van der Waals surface area contributed by atoms with Gasteiger partial charge in [0.05, 0.1) is 0 Å². The Balaban J connectivity index is 1.63. The molecule has 0 radical (unpaired) electrons. The average molecular weight is 198 g/mol. The van der Waals surface area contributed by atoms with Crippen LogP contribution in [0.4, 0.5) is 0 Å². The van der Waals surface area contributed by atoms with E-state index in [-0.39, 0.29) is 0 Å². The van der Waals surface area contributed by atoms with Crippen LogP contribution in [0.2, 0.25) is 0 Å². The van der Waals surface area contributed by atoms with Crippen molar-refractivity contribution in [1.29, 1.82) is 0 Å². The quantitative estimate of drug-likeness (QED) is 0.414. The highest BCUT2D eigenvalue weighted by Gasteiger charge is 2.64. The first-order chi connectivity index (χ1) is 7.43. The molecule has 4 bridgehead atoms. The summed E-state index contributed by atoms with van der Waals surface area (Å²) >= 11 is 0. The molecule has 5 rings (SSSR count). The second-order valence-electron chi connectivity index (χ2n) is 6.57. The molecule has 0 aliphatic heterocycles. The molecule has 0 heterocycles. The van der Waals surface area contributed by atoms with Crippen LogP contribution in [0.1, 0.15) is 19.3 Å². The van der Waals surface area contributed by atoms with Gasteiger partial charge in [-0.2, -0.15) is 0 Å². The predicted octanol–water partition coefficient (Wildman–Crippen LogP) is 3.27. The molecule has 0 nitrogen and oxygen atoms in total. The highest BCUT2D eigenvalue weighted by molar-refractivity contribution is 5.25. The first-order valence-electron chi connectivity index (χ1n) is 6.78. The number of hydrogen-bond acceptors (Lipinski definition) is 0. The van der Waals surface area contributed by atoms with Gasteiger partial charge in [0.15, 0.2) is 0 Å². The maximum absolute atomic E-state index is 2.57. The molecular weight excluding hydrogens is 180 g/mol. The minimum atomic E-state index is 0.991. The van der Waals surface area contributed by atoms with Gasteiger partial charge in [-0.3, -0.25) is 0 Å². The van der Waals surface area contributed by atoms with Gasteiger partial charge in [0.2, 0.25) is 0 Å². The Morgan fingerprint density at radius 1 is 0.733 bits per heavy atom. The number of allylic oxidation sites excluding steroid dienone is 4. The SMILES string of the molecule is C1=C[C@H]2[C@@H](C1)[C@H]1C[C@@H]2[C@@H]2[C@H]1[C@@H]1C=C[C@H]2C1. The van der Waals surface area contributed by atoms with Gasteiger partial charge in [-0.05, 0) is 66.6 Å². The Bertz CT molecular complexity index is 377. The largest absolute Gasteiger partial charge is 0.0879 e. The van der Waals surface area contributed by atoms with E-state index in [1.165, 1.54) is 12.8 Å². The van der Waals surface area contributed by atoms with E-state index in [0.29, 0.717) is 0 Å². The van der Waals surface area contributed by atoms with Gasteiger partial charge < -0.3 is 0 Å². The molecule has 0 saturated heterocycles.